The number of allylic oxidation sites excluding steroid dienone is 1. The lowest BCUT2D eigenvalue weighted by Crippen LogP contribution is -2.55. The molecule has 2 fully saturated rings. The lowest BCUT2D eigenvalue weighted by molar-refractivity contribution is -0.149. The average Bonchev–Trinajstić information content (AvgIpc) is 3.11. The van der Waals surface area contributed by atoms with E-state index in [2.05, 4.69) is 47.1 Å². The van der Waals surface area contributed by atoms with Gasteiger partial charge < -0.3 is 4.74 Å². The summed E-state index contributed by atoms with van der Waals surface area (Å²) in [4.78, 5) is 11.4. The van der Waals surface area contributed by atoms with E-state index < -0.39 is 0 Å². The van der Waals surface area contributed by atoms with Crippen LogP contribution in [0, 0.1) is 28.6 Å². The van der Waals surface area contributed by atoms with Crippen LogP contribution in [0.25, 0.3) is 0 Å². The molecule has 5 rings (SSSR count). The highest BCUT2D eigenvalue weighted by molar-refractivity contribution is 5.66. The van der Waals surface area contributed by atoms with E-state index in [1.165, 1.54) is 19.8 Å². The second kappa shape index (κ2) is 6.14. The van der Waals surface area contributed by atoms with E-state index in [9.17, 15) is 4.79 Å². The summed E-state index contributed by atoms with van der Waals surface area (Å²) in [6.07, 6.45) is 10.3. The van der Waals surface area contributed by atoms with E-state index >= 15 is 0 Å². The van der Waals surface area contributed by atoms with Crippen LogP contribution in [0.1, 0.15) is 78.1 Å². The van der Waals surface area contributed by atoms with Crippen LogP contribution in [0.2, 0.25) is 0 Å². The molecule has 6 heteroatoms. The summed E-state index contributed by atoms with van der Waals surface area (Å²) in [6.45, 7) is 8.79. The number of nitrogens with zero attached hydrogens (tertiary/aromatic N) is 4. The van der Waals surface area contributed by atoms with Crippen LogP contribution in [0.3, 0.4) is 0 Å². The van der Waals surface area contributed by atoms with Crippen LogP contribution >= 0.6 is 0 Å². The summed E-state index contributed by atoms with van der Waals surface area (Å²) in [5.41, 5.74) is 2.07. The lowest BCUT2D eigenvalue weighted by atomic mass is 9.45. The first kappa shape index (κ1) is 18.3. The molecule has 0 aromatic carbocycles. The van der Waals surface area contributed by atoms with Crippen LogP contribution in [0.15, 0.2) is 11.6 Å². The van der Waals surface area contributed by atoms with Crippen LogP contribution in [-0.2, 0) is 16.0 Å². The molecule has 28 heavy (non-hydrogen) atoms. The van der Waals surface area contributed by atoms with Crippen molar-refractivity contribution in [2.45, 2.75) is 84.8 Å². The van der Waals surface area contributed by atoms with Crippen molar-refractivity contribution in [2.75, 3.05) is 0 Å². The zero-order valence-corrected chi connectivity index (χ0v) is 17.5. The van der Waals surface area contributed by atoms with E-state index in [-0.39, 0.29) is 22.9 Å². The van der Waals surface area contributed by atoms with Gasteiger partial charge in [-0.1, -0.05) is 25.5 Å². The molecule has 0 spiro atoms. The number of rotatable bonds is 1. The Balaban J connectivity index is 1.46. The number of hydrogen-bond acceptors (Lipinski definition) is 5. The smallest absolute Gasteiger partial charge is 0.302 e. The van der Waals surface area contributed by atoms with Gasteiger partial charge in [-0.05, 0) is 78.0 Å². The number of esters is 1. The van der Waals surface area contributed by atoms with E-state index in [4.69, 9.17) is 4.74 Å². The van der Waals surface area contributed by atoms with Crippen molar-refractivity contribution in [3.8, 4) is 0 Å². The fourth-order valence-corrected chi connectivity index (χ4v) is 7.34. The highest BCUT2D eigenvalue weighted by Gasteiger charge is 2.58. The molecule has 0 unspecified atom stereocenters. The minimum Gasteiger partial charge on any atom is -0.462 e. The van der Waals surface area contributed by atoms with E-state index in [1.807, 2.05) is 0 Å². The van der Waals surface area contributed by atoms with Gasteiger partial charge in [0, 0.05) is 19.8 Å². The molecule has 0 N–H and O–H groups in total. The first-order chi connectivity index (χ1) is 13.3. The Morgan fingerprint density at radius 2 is 2.04 bits per heavy atom. The fraction of sp³-hybridized carbons (Fsp3) is 0.818. The molecule has 0 radical (unpaired) electrons. The maximum Gasteiger partial charge on any atom is 0.302 e. The summed E-state index contributed by atoms with van der Waals surface area (Å²) in [7, 11) is 0. The monoisotopic (exact) mass is 384 g/mol. The molecule has 6 nitrogen and oxygen atoms in total. The van der Waals surface area contributed by atoms with Gasteiger partial charge in [-0.15, -0.1) is 5.10 Å². The third-order valence-electron chi connectivity index (χ3n) is 9.11. The van der Waals surface area contributed by atoms with E-state index in [1.54, 1.807) is 5.57 Å². The number of tetrazole rings is 1. The van der Waals surface area contributed by atoms with Crippen molar-refractivity contribution in [1.82, 2.24) is 20.2 Å². The van der Waals surface area contributed by atoms with Gasteiger partial charge >= 0.3 is 5.97 Å². The lowest BCUT2D eigenvalue weighted by Gasteiger charge is -2.60. The second-order valence-corrected chi connectivity index (χ2v) is 10.2. The van der Waals surface area contributed by atoms with Crippen LogP contribution in [0.5, 0.6) is 0 Å². The van der Waals surface area contributed by atoms with Crippen molar-refractivity contribution in [1.29, 1.82) is 0 Å². The number of fused-ring (bicyclic) bond motifs is 6. The Bertz CT molecular complexity index is 832. The molecular formula is C22H32N4O2. The molecule has 1 aromatic rings. The Labute approximate surface area is 167 Å². The molecule has 4 aliphatic rings. The van der Waals surface area contributed by atoms with Gasteiger partial charge in [0.2, 0.25) is 0 Å². The van der Waals surface area contributed by atoms with Gasteiger partial charge in [0.05, 0.1) is 6.04 Å². The summed E-state index contributed by atoms with van der Waals surface area (Å²) >= 11 is 0. The van der Waals surface area contributed by atoms with Crippen molar-refractivity contribution in [3.05, 3.63) is 17.5 Å². The van der Waals surface area contributed by atoms with Crippen LogP contribution < -0.4 is 0 Å². The van der Waals surface area contributed by atoms with Gasteiger partial charge in [-0.3, -0.25) is 4.79 Å². The molecule has 1 aromatic heterocycles. The molecule has 7 atom stereocenters. The third-order valence-corrected chi connectivity index (χ3v) is 9.11. The Morgan fingerprint density at radius 3 is 2.82 bits per heavy atom. The molecular weight excluding hydrogens is 352 g/mol. The number of ether oxygens (including phenoxy) is 1. The van der Waals surface area contributed by atoms with Gasteiger partial charge in [0.1, 0.15) is 6.10 Å². The SMILES string of the molecule is CC(=O)O[C@H]1CC[C@@]2(C)C(=CC[C@H]3[C@@H]4Cc5nnnn5[C@H](C)[C@@]4(C)CC[C@@H]32)C1. The minimum absolute atomic E-state index is 0.0709. The zero-order chi connectivity index (χ0) is 19.7. The maximum atomic E-state index is 11.4. The predicted molar refractivity (Wildman–Crippen MR) is 104 cm³/mol. The molecule has 2 heterocycles. The standard InChI is InChI=1S/C22H32N4O2/c1-13-21(3)10-8-18-17(19(21)12-20-23-24-25-26(13)20)6-5-15-11-16(28-14(2)27)7-9-22(15,18)4/h5,13,16-19H,6-12H2,1-4H3/t13-,16+,17-,18+,19+,21-,22+/m1/s1. The third kappa shape index (κ3) is 2.45. The average molecular weight is 385 g/mol. The number of aromatic nitrogens is 4. The van der Waals surface area contributed by atoms with Gasteiger partial charge in [-0.2, -0.15) is 0 Å². The summed E-state index contributed by atoms with van der Waals surface area (Å²) in [6, 6.07) is 0.357. The summed E-state index contributed by atoms with van der Waals surface area (Å²) in [5.74, 6) is 2.98. The highest BCUT2D eigenvalue weighted by atomic mass is 16.5. The van der Waals surface area contributed by atoms with Crippen molar-refractivity contribution in [3.63, 3.8) is 0 Å². The molecule has 2 saturated carbocycles. The van der Waals surface area contributed by atoms with E-state index in [0.29, 0.717) is 17.9 Å². The van der Waals surface area contributed by atoms with Crippen molar-refractivity contribution >= 4 is 5.97 Å². The Hall–Kier alpha value is -1.72. The normalized spacial score (nSPS) is 44.4. The van der Waals surface area contributed by atoms with Crippen LogP contribution in [-0.4, -0.2) is 32.3 Å². The molecule has 1 aliphatic heterocycles. The van der Waals surface area contributed by atoms with Crippen molar-refractivity contribution in [2.24, 2.45) is 28.6 Å². The highest BCUT2D eigenvalue weighted by Crippen LogP contribution is 2.64. The Morgan fingerprint density at radius 1 is 1.21 bits per heavy atom. The number of hydrogen-bond donors (Lipinski definition) is 0. The Kier molecular flexibility index (Phi) is 4.01. The molecule has 3 aliphatic carbocycles. The first-order valence-electron chi connectivity index (χ1n) is 11.0. The number of carbonyl (C=O) groups is 1. The van der Waals surface area contributed by atoms with E-state index in [0.717, 1.165) is 43.8 Å². The van der Waals surface area contributed by atoms with Crippen LogP contribution in [0.4, 0.5) is 0 Å². The zero-order valence-electron chi connectivity index (χ0n) is 17.5. The quantitative estimate of drug-likeness (QED) is 0.543. The predicted octanol–water partition coefficient (Wildman–Crippen LogP) is 3.89. The van der Waals surface area contributed by atoms with Gasteiger partial charge in [0.25, 0.3) is 0 Å². The summed E-state index contributed by atoms with van der Waals surface area (Å²) < 4.78 is 7.64. The molecule has 0 saturated heterocycles. The first-order valence-corrected chi connectivity index (χ1v) is 11.0. The summed E-state index contributed by atoms with van der Waals surface area (Å²) in [5, 5.41) is 12.6. The maximum absolute atomic E-state index is 11.4. The largest absolute Gasteiger partial charge is 0.462 e. The topological polar surface area (TPSA) is 69.9 Å². The molecule has 152 valence electrons. The second-order valence-electron chi connectivity index (χ2n) is 10.2. The van der Waals surface area contributed by atoms with Gasteiger partial charge in [-0.25, -0.2) is 4.68 Å². The fourth-order valence-electron chi connectivity index (χ4n) is 7.34. The molecule has 0 amide bonds. The number of carbonyl (C=O) groups excluding carboxylic acids is 1. The van der Waals surface area contributed by atoms with Crippen molar-refractivity contribution < 1.29 is 9.53 Å². The van der Waals surface area contributed by atoms with Gasteiger partial charge in [0.15, 0.2) is 5.82 Å². The minimum atomic E-state index is -0.148. The molecule has 0 bridgehead atoms.